The molecule has 9 nitrogen and oxygen atoms in total. The van der Waals surface area contributed by atoms with Crippen molar-refractivity contribution >= 4 is 23.3 Å². The first-order valence-electron chi connectivity index (χ1n) is 12.1. The van der Waals surface area contributed by atoms with Crippen molar-refractivity contribution in [3.05, 3.63) is 140 Å². The Morgan fingerprint density at radius 1 is 1.07 bits per heavy atom. The number of benzene rings is 4. The number of fused-ring (bicyclic) bond motifs is 1. The van der Waals surface area contributed by atoms with Crippen LogP contribution in [0.5, 0.6) is 17.2 Å². The lowest BCUT2D eigenvalue weighted by atomic mass is 9.83. The van der Waals surface area contributed by atoms with E-state index in [0.29, 0.717) is 22.4 Å². The molecule has 0 fully saturated rings. The molecule has 11 heteroatoms. The molecule has 1 aliphatic heterocycles. The quantitative estimate of drug-likeness (QED) is 0.116. The SMILES string of the molecule is N#CC1=C(N)Oc2cc(OC(=O)c3cc([N+](=O)[O-])ccc3Cl)ccc2C1c1cccc(OCc2ccccc2F)c1. The zero-order valence-electron chi connectivity index (χ0n) is 21.0. The minimum atomic E-state index is -0.910. The summed E-state index contributed by atoms with van der Waals surface area (Å²) in [6, 6.07) is 23.3. The van der Waals surface area contributed by atoms with E-state index in [9.17, 15) is 24.6 Å². The second-order valence-electron chi connectivity index (χ2n) is 8.89. The molecule has 0 aliphatic carbocycles. The van der Waals surface area contributed by atoms with Crippen LogP contribution in [0.1, 0.15) is 33.0 Å². The van der Waals surface area contributed by atoms with Crippen molar-refractivity contribution in [1.29, 1.82) is 5.26 Å². The van der Waals surface area contributed by atoms with Gasteiger partial charge in [-0.3, -0.25) is 10.1 Å². The number of hydrogen-bond acceptors (Lipinski definition) is 8. The third-order valence-electron chi connectivity index (χ3n) is 6.33. The number of nitro benzene ring substituents is 1. The van der Waals surface area contributed by atoms with Crippen LogP contribution in [0.25, 0.3) is 0 Å². The van der Waals surface area contributed by atoms with E-state index in [0.717, 1.165) is 6.07 Å². The number of carbonyl (C=O) groups is 1. The van der Waals surface area contributed by atoms with Gasteiger partial charge >= 0.3 is 5.97 Å². The Balaban J connectivity index is 1.43. The van der Waals surface area contributed by atoms with Gasteiger partial charge in [0.25, 0.3) is 5.69 Å². The Kier molecular flexibility index (Phi) is 7.54. The topological polar surface area (TPSA) is 138 Å². The zero-order valence-corrected chi connectivity index (χ0v) is 21.8. The largest absolute Gasteiger partial charge is 0.489 e. The van der Waals surface area contributed by atoms with Gasteiger partial charge in [0.1, 0.15) is 41.3 Å². The van der Waals surface area contributed by atoms with Crippen molar-refractivity contribution < 1.29 is 28.3 Å². The highest BCUT2D eigenvalue weighted by molar-refractivity contribution is 6.33. The maximum absolute atomic E-state index is 14.0. The van der Waals surface area contributed by atoms with Crippen molar-refractivity contribution in [3.8, 4) is 23.3 Å². The summed E-state index contributed by atoms with van der Waals surface area (Å²) in [5.74, 6) is -1.32. The first-order valence-corrected chi connectivity index (χ1v) is 12.5. The van der Waals surface area contributed by atoms with E-state index in [-0.39, 0.29) is 51.7 Å². The van der Waals surface area contributed by atoms with Gasteiger partial charge in [-0.1, -0.05) is 48.0 Å². The fraction of sp³-hybridized carbons (Fsp3) is 0.0667. The van der Waals surface area contributed by atoms with E-state index >= 15 is 0 Å². The highest BCUT2D eigenvalue weighted by Gasteiger charge is 2.31. The van der Waals surface area contributed by atoms with Gasteiger partial charge in [-0.25, -0.2) is 9.18 Å². The number of ether oxygens (including phenoxy) is 3. The van der Waals surface area contributed by atoms with Crippen LogP contribution in [0.4, 0.5) is 10.1 Å². The number of halogens is 2. The van der Waals surface area contributed by atoms with Crippen LogP contribution in [-0.4, -0.2) is 10.9 Å². The summed E-state index contributed by atoms with van der Waals surface area (Å²) >= 11 is 6.06. The molecule has 41 heavy (non-hydrogen) atoms. The number of hydrogen-bond donors (Lipinski definition) is 1. The zero-order chi connectivity index (χ0) is 29.1. The Labute approximate surface area is 237 Å². The second-order valence-corrected chi connectivity index (χ2v) is 9.29. The molecular weight excluding hydrogens is 553 g/mol. The Morgan fingerprint density at radius 3 is 2.63 bits per heavy atom. The van der Waals surface area contributed by atoms with Gasteiger partial charge in [0.2, 0.25) is 5.88 Å². The molecule has 1 atom stereocenters. The molecule has 0 aromatic heterocycles. The third-order valence-corrected chi connectivity index (χ3v) is 6.65. The Morgan fingerprint density at radius 2 is 1.88 bits per heavy atom. The fourth-order valence-electron chi connectivity index (χ4n) is 4.35. The number of nitrogens with zero attached hydrogens (tertiary/aromatic N) is 2. The molecule has 5 rings (SSSR count). The number of nitro groups is 1. The molecule has 0 saturated carbocycles. The number of non-ortho nitro benzene ring substituents is 1. The molecule has 204 valence electrons. The van der Waals surface area contributed by atoms with E-state index in [1.807, 2.05) is 0 Å². The van der Waals surface area contributed by atoms with Gasteiger partial charge in [-0.15, -0.1) is 0 Å². The molecular formula is C30H19ClFN3O6. The molecule has 0 amide bonds. The van der Waals surface area contributed by atoms with E-state index in [2.05, 4.69) is 6.07 Å². The van der Waals surface area contributed by atoms with Crippen LogP contribution < -0.4 is 19.9 Å². The van der Waals surface area contributed by atoms with Crippen molar-refractivity contribution in [2.24, 2.45) is 5.73 Å². The maximum Gasteiger partial charge on any atom is 0.345 e. The van der Waals surface area contributed by atoms with Crippen molar-refractivity contribution in [2.45, 2.75) is 12.5 Å². The second kappa shape index (κ2) is 11.4. The van der Waals surface area contributed by atoms with Crippen molar-refractivity contribution in [2.75, 3.05) is 0 Å². The lowest BCUT2D eigenvalue weighted by Crippen LogP contribution is -2.21. The number of esters is 1. The Hall–Kier alpha value is -5.40. The predicted octanol–water partition coefficient (Wildman–Crippen LogP) is 6.40. The number of allylic oxidation sites excluding steroid dienone is 1. The van der Waals surface area contributed by atoms with Crippen LogP contribution in [0.3, 0.4) is 0 Å². The molecule has 0 saturated heterocycles. The van der Waals surface area contributed by atoms with E-state index in [4.69, 9.17) is 31.5 Å². The van der Waals surface area contributed by atoms with Gasteiger partial charge in [0.05, 0.1) is 21.4 Å². The standard InChI is InChI=1S/C30H19ClFN3O6/c31-25-11-8-19(35(37)38)13-23(25)30(36)40-21-9-10-22-27(14-21)41-29(34)24(15-33)28(22)17-5-3-6-20(12-17)39-16-18-4-1-2-7-26(18)32/h1-14,28H,16,34H2. The summed E-state index contributed by atoms with van der Waals surface area (Å²) in [6.45, 7) is 0.00684. The highest BCUT2D eigenvalue weighted by atomic mass is 35.5. The minimum Gasteiger partial charge on any atom is -0.489 e. The monoisotopic (exact) mass is 571 g/mol. The van der Waals surface area contributed by atoms with Gasteiger partial charge < -0.3 is 19.9 Å². The van der Waals surface area contributed by atoms with Gasteiger partial charge in [-0.2, -0.15) is 5.26 Å². The average Bonchev–Trinajstić information content (AvgIpc) is 2.96. The van der Waals surface area contributed by atoms with E-state index in [1.54, 1.807) is 48.5 Å². The smallest absolute Gasteiger partial charge is 0.345 e. The number of rotatable bonds is 7. The van der Waals surface area contributed by atoms with E-state index < -0.39 is 16.8 Å². The summed E-state index contributed by atoms with van der Waals surface area (Å²) in [5, 5.41) is 21.0. The predicted molar refractivity (Wildman–Crippen MR) is 146 cm³/mol. The van der Waals surface area contributed by atoms with Gasteiger partial charge in [0, 0.05) is 29.3 Å². The molecule has 4 aromatic carbocycles. The first-order chi connectivity index (χ1) is 19.7. The number of nitriles is 1. The molecule has 1 unspecified atom stereocenters. The lowest BCUT2D eigenvalue weighted by Gasteiger charge is -2.27. The number of nitrogens with two attached hydrogens (primary N) is 1. The third kappa shape index (κ3) is 5.66. The van der Waals surface area contributed by atoms with Crippen LogP contribution in [0, 0.1) is 27.3 Å². The molecule has 2 N–H and O–H groups in total. The fourth-order valence-corrected chi connectivity index (χ4v) is 4.54. The molecule has 1 aliphatic rings. The van der Waals surface area contributed by atoms with Crippen LogP contribution in [0.15, 0.2) is 96.4 Å². The van der Waals surface area contributed by atoms with Crippen LogP contribution in [0.2, 0.25) is 5.02 Å². The van der Waals surface area contributed by atoms with Crippen LogP contribution >= 0.6 is 11.6 Å². The lowest BCUT2D eigenvalue weighted by molar-refractivity contribution is -0.384. The van der Waals surface area contributed by atoms with Crippen molar-refractivity contribution in [3.63, 3.8) is 0 Å². The van der Waals surface area contributed by atoms with E-state index in [1.165, 1.54) is 30.3 Å². The Bertz CT molecular complexity index is 1770. The van der Waals surface area contributed by atoms with Gasteiger partial charge in [0.15, 0.2) is 0 Å². The summed E-state index contributed by atoms with van der Waals surface area (Å²) in [5.41, 5.74) is 7.38. The minimum absolute atomic E-state index is 0.00684. The van der Waals surface area contributed by atoms with Crippen LogP contribution in [-0.2, 0) is 6.61 Å². The normalized spacial score (nSPS) is 13.9. The molecule has 1 heterocycles. The number of carbonyl (C=O) groups excluding carboxylic acids is 1. The summed E-state index contributed by atoms with van der Waals surface area (Å²) < 4.78 is 31.0. The maximum atomic E-state index is 14.0. The van der Waals surface area contributed by atoms with Crippen molar-refractivity contribution in [1.82, 2.24) is 0 Å². The molecule has 0 spiro atoms. The summed E-state index contributed by atoms with van der Waals surface area (Å²) in [6.07, 6.45) is 0. The average molecular weight is 572 g/mol. The highest BCUT2D eigenvalue weighted by Crippen LogP contribution is 2.44. The summed E-state index contributed by atoms with van der Waals surface area (Å²) in [4.78, 5) is 23.2. The first kappa shape index (κ1) is 27.2. The molecule has 4 aromatic rings. The summed E-state index contributed by atoms with van der Waals surface area (Å²) in [7, 11) is 0. The molecule has 0 bridgehead atoms. The molecule has 0 radical (unpaired) electrons. The van der Waals surface area contributed by atoms with Gasteiger partial charge in [-0.05, 0) is 35.9 Å².